The van der Waals surface area contributed by atoms with Crippen molar-refractivity contribution in [2.45, 2.75) is 18.9 Å². The number of nitrogens with zero attached hydrogens (tertiary/aromatic N) is 2. The molecule has 1 saturated heterocycles. The van der Waals surface area contributed by atoms with E-state index in [1.54, 1.807) is 6.20 Å². The molecule has 3 rings (SSSR count). The first-order valence-corrected chi connectivity index (χ1v) is 6.77. The van der Waals surface area contributed by atoms with Gasteiger partial charge in [0.05, 0.1) is 6.04 Å². The van der Waals surface area contributed by atoms with E-state index in [2.05, 4.69) is 4.98 Å². The van der Waals surface area contributed by atoms with Gasteiger partial charge in [-0.15, -0.1) is 0 Å². The van der Waals surface area contributed by atoms with Crippen LogP contribution in [0.3, 0.4) is 0 Å². The molecule has 0 radical (unpaired) electrons. The fourth-order valence-electron chi connectivity index (χ4n) is 2.59. The van der Waals surface area contributed by atoms with Gasteiger partial charge >= 0.3 is 0 Å². The quantitative estimate of drug-likeness (QED) is 0.800. The molecule has 1 aliphatic heterocycles. The molecule has 1 aromatic carbocycles. The Morgan fingerprint density at radius 3 is 2.85 bits per heavy atom. The number of amides is 1. The van der Waals surface area contributed by atoms with Crippen LogP contribution in [0.5, 0.6) is 11.6 Å². The lowest BCUT2D eigenvalue weighted by atomic mass is 10.1. The van der Waals surface area contributed by atoms with Crippen molar-refractivity contribution >= 4 is 6.41 Å². The van der Waals surface area contributed by atoms with Crippen LogP contribution in [0.4, 0.5) is 0 Å². The van der Waals surface area contributed by atoms with Crippen LogP contribution in [-0.2, 0) is 4.79 Å². The van der Waals surface area contributed by atoms with Gasteiger partial charge in [0.15, 0.2) is 0 Å². The van der Waals surface area contributed by atoms with E-state index in [1.807, 2.05) is 47.4 Å². The minimum absolute atomic E-state index is 0.0694. The number of aromatic nitrogens is 1. The molecule has 0 saturated carbocycles. The molecule has 2 aromatic rings. The SMILES string of the molecule is O=CN1CCC[C@H]1c1cccnc1Oc1ccccc1. The Labute approximate surface area is 118 Å². The van der Waals surface area contributed by atoms with Crippen molar-refractivity contribution < 1.29 is 9.53 Å². The molecule has 2 heterocycles. The van der Waals surface area contributed by atoms with Crippen LogP contribution in [0.15, 0.2) is 48.7 Å². The third-order valence-corrected chi connectivity index (χ3v) is 3.55. The largest absolute Gasteiger partial charge is 0.439 e. The first-order valence-electron chi connectivity index (χ1n) is 6.77. The van der Waals surface area contributed by atoms with Gasteiger partial charge in [0.25, 0.3) is 0 Å². The average molecular weight is 268 g/mol. The molecule has 0 spiro atoms. The zero-order valence-corrected chi connectivity index (χ0v) is 11.1. The summed E-state index contributed by atoms with van der Waals surface area (Å²) < 4.78 is 5.86. The molecule has 1 atom stereocenters. The Balaban J connectivity index is 1.90. The lowest BCUT2D eigenvalue weighted by molar-refractivity contribution is -0.118. The third-order valence-electron chi connectivity index (χ3n) is 3.55. The minimum Gasteiger partial charge on any atom is -0.439 e. The molecule has 4 heteroatoms. The van der Waals surface area contributed by atoms with Crippen molar-refractivity contribution in [3.05, 3.63) is 54.2 Å². The van der Waals surface area contributed by atoms with Crippen LogP contribution in [-0.4, -0.2) is 22.8 Å². The van der Waals surface area contributed by atoms with Crippen LogP contribution in [0.2, 0.25) is 0 Å². The number of ether oxygens (including phenoxy) is 1. The Morgan fingerprint density at radius 1 is 1.20 bits per heavy atom. The maximum Gasteiger partial charge on any atom is 0.224 e. The van der Waals surface area contributed by atoms with Gasteiger partial charge in [0.1, 0.15) is 5.75 Å². The van der Waals surface area contributed by atoms with Crippen molar-refractivity contribution in [3.63, 3.8) is 0 Å². The molecule has 1 fully saturated rings. The normalized spacial score (nSPS) is 18.0. The fourth-order valence-corrected chi connectivity index (χ4v) is 2.59. The van der Waals surface area contributed by atoms with Crippen LogP contribution < -0.4 is 4.74 Å². The fraction of sp³-hybridized carbons (Fsp3) is 0.250. The van der Waals surface area contributed by atoms with Crippen LogP contribution in [0, 0.1) is 0 Å². The Hall–Kier alpha value is -2.36. The summed E-state index contributed by atoms with van der Waals surface area (Å²) in [6.45, 7) is 0.799. The number of hydrogen-bond donors (Lipinski definition) is 0. The van der Waals surface area contributed by atoms with E-state index in [-0.39, 0.29) is 6.04 Å². The van der Waals surface area contributed by atoms with Crippen molar-refractivity contribution in [1.82, 2.24) is 9.88 Å². The summed E-state index contributed by atoms with van der Waals surface area (Å²) in [5.74, 6) is 1.33. The highest BCUT2D eigenvalue weighted by atomic mass is 16.5. The molecule has 1 amide bonds. The average Bonchev–Trinajstić information content (AvgIpc) is 2.97. The summed E-state index contributed by atoms with van der Waals surface area (Å²) >= 11 is 0. The number of carbonyl (C=O) groups excluding carboxylic acids is 1. The van der Waals surface area contributed by atoms with Crippen molar-refractivity contribution in [3.8, 4) is 11.6 Å². The maximum atomic E-state index is 11.1. The summed E-state index contributed by atoms with van der Waals surface area (Å²) in [5.41, 5.74) is 0.973. The number of likely N-dealkylation sites (tertiary alicyclic amines) is 1. The van der Waals surface area contributed by atoms with Gasteiger partial charge < -0.3 is 9.64 Å². The van der Waals surface area contributed by atoms with Crippen molar-refractivity contribution in [2.75, 3.05) is 6.54 Å². The predicted octanol–water partition coefficient (Wildman–Crippen LogP) is 3.17. The second-order valence-electron chi connectivity index (χ2n) is 4.81. The zero-order chi connectivity index (χ0) is 13.8. The second-order valence-corrected chi connectivity index (χ2v) is 4.81. The molecular weight excluding hydrogens is 252 g/mol. The second kappa shape index (κ2) is 5.74. The van der Waals surface area contributed by atoms with Crippen LogP contribution in [0.1, 0.15) is 24.4 Å². The summed E-state index contributed by atoms with van der Waals surface area (Å²) in [4.78, 5) is 17.3. The molecule has 1 aliphatic rings. The van der Waals surface area contributed by atoms with Gasteiger partial charge in [0, 0.05) is 18.3 Å². The Morgan fingerprint density at radius 2 is 2.05 bits per heavy atom. The van der Waals surface area contributed by atoms with Gasteiger partial charge in [-0.25, -0.2) is 4.98 Å². The van der Waals surface area contributed by atoms with Crippen LogP contribution >= 0.6 is 0 Å². The third kappa shape index (κ3) is 2.50. The number of rotatable bonds is 4. The van der Waals surface area contributed by atoms with E-state index in [4.69, 9.17) is 4.74 Å². The molecular formula is C16H16N2O2. The number of pyridine rings is 1. The summed E-state index contributed by atoms with van der Waals surface area (Å²) in [7, 11) is 0. The lowest BCUT2D eigenvalue weighted by Gasteiger charge is -2.21. The van der Waals surface area contributed by atoms with E-state index in [0.717, 1.165) is 37.1 Å². The van der Waals surface area contributed by atoms with E-state index in [9.17, 15) is 4.79 Å². The molecule has 20 heavy (non-hydrogen) atoms. The molecule has 102 valence electrons. The topological polar surface area (TPSA) is 42.4 Å². The lowest BCUT2D eigenvalue weighted by Crippen LogP contribution is -2.21. The van der Waals surface area contributed by atoms with E-state index in [1.165, 1.54) is 0 Å². The Kier molecular flexibility index (Phi) is 3.63. The molecule has 0 N–H and O–H groups in total. The standard InChI is InChI=1S/C16H16N2O2/c19-12-18-11-5-9-15(18)14-8-4-10-17-16(14)20-13-6-2-1-3-7-13/h1-4,6-8,10,12,15H,5,9,11H2/t15-/m0/s1. The zero-order valence-electron chi connectivity index (χ0n) is 11.1. The minimum atomic E-state index is 0.0694. The van der Waals surface area contributed by atoms with E-state index >= 15 is 0 Å². The van der Waals surface area contributed by atoms with Gasteiger partial charge in [0.2, 0.25) is 12.3 Å². The number of benzene rings is 1. The summed E-state index contributed by atoms with van der Waals surface area (Å²) in [6, 6.07) is 13.5. The van der Waals surface area contributed by atoms with Crippen molar-refractivity contribution in [1.29, 1.82) is 0 Å². The predicted molar refractivity (Wildman–Crippen MR) is 75.5 cm³/mol. The van der Waals surface area contributed by atoms with E-state index in [0.29, 0.717) is 5.88 Å². The Bertz CT molecular complexity index is 586. The first-order chi connectivity index (χ1) is 9.88. The maximum absolute atomic E-state index is 11.1. The molecule has 0 unspecified atom stereocenters. The van der Waals surface area contributed by atoms with Gasteiger partial charge in [-0.3, -0.25) is 4.79 Å². The monoisotopic (exact) mass is 268 g/mol. The van der Waals surface area contributed by atoms with E-state index < -0.39 is 0 Å². The van der Waals surface area contributed by atoms with Gasteiger partial charge in [-0.05, 0) is 31.0 Å². The number of para-hydroxylation sites is 1. The molecule has 0 aliphatic carbocycles. The highest BCUT2D eigenvalue weighted by Crippen LogP contribution is 2.36. The molecule has 1 aromatic heterocycles. The molecule has 0 bridgehead atoms. The van der Waals surface area contributed by atoms with Gasteiger partial charge in [-0.2, -0.15) is 0 Å². The summed E-state index contributed by atoms with van der Waals surface area (Å²) in [5, 5.41) is 0. The molecule has 4 nitrogen and oxygen atoms in total. The van der Waals surface area contributed by atoms with Crippen LogP contribution in [0.25, 0.3) is 0 Å². The highest BCUT2D eigenvalue weighted by molar-refractivity contribution is 5.50. The first kappa shape index (κ1) is 12.7. The smallest absolute Gasteiger partial charge is 0.224 e. The number of hydrogen-bond acceptors (Lipinski definition) is 3. The number of carbonyl (C=O) groups is 1. The van der Waals surface area contributed by atoms with Crippen molar-refractivity contribution in [2.24, 2.45) is 0 Å². The van der Waals surface area contributed by atoms with Gasteiger partial charge in [-0.1, -0.05) is 24.3 Å². The highest BCUT2D eigenvalue weighted by Gasteiger charge is 2.27. The summed E-state index contributed by atoms with van der Waals surface area (Å²) in [6.07, 6.45) is 4.59.